The molecule has 1 aliphatic heterocycles. The van der Waals surface area contributed by atoms with Gasteiger partial charge in [0.25, 0.3) is 0 Å². The van der Waals surface area contributed by atoms with E-state index in [-0.39, 0.29) is 12.4 Å². The highest BCUT2D eigenvalue weighted by Crippen LogP contribution is 2.30. The number of rotatable bonds is 2. The molecule has 2 atom stereocenters. The van der Waals surface area contributed by atoms with Gasteiger partial charge in [-0.25, -0.2) is 0 Å². The van der Waals surface area contributed by atoms with E-state index in [2.05, 4.69) is 19.9 Å². The van der Waals surface area contributed by atoms with Crippen LogP contribution in [0.3, 0.4) is 0 Å². The Morgan fingerprint density at radius 1 is 1.40 bits per heavy atom. The molecule has 0 bridgehead atoms. The van der Waals surface area contributed by atoms with E-state index in [1.807, 2.05) is 12.1 Å². The molecule has 15 heavy (non-hydrogen) atoms. The van der Waals surface area contributed by atoms with Crippen LogP contribution in [0.1, 0.15) is 23.0 Å². The summed E-state index contributed by atoms with van der Waals surface area (Å²) >= 11 is 5.73. The molecule has 2 unspecified atom stereocenters. The smallest absolute Gasteiger partial charge is 0.184 e. The second kappa shape index (κ2) is 4.52. The molecule has 2 nitrogen and oxygen atoms in total. The van der Waals surface area contributed by atoms with Crippen LogP contribution in [0.2, 0.25) is 0 Å². The second-order valence-corrected chi connectivity index (χ2v) is 4.18. The highest BCUT2D eigenvalue weighted by atomic mass is 35.5. The molecule has 1 fully saturated rings. The molecule has 0 amide bonds. The molecule has 1 aromatic rings. The summed E-state index contributed by atoms with van der Waals surface area (Å²) in [6.45, 7) is 4.76. The average Bonchev–Trinajstić information content (AvgIpc) is 2.70. The molecule has 1 heterocycles. The molecule has 1 aliphatic rings. The highest BCUT2D eigenvalue weighted by Gasteiger charge is 2.27. The Morgan fingerprint density at radius 2 is 2.20 bits per heavy atom. The van der Waals surface area contributed by atoms with Gasteiger partial charge in [-0.3, -0.25) is 0 Å². The van der Waals surface area contributed by atoms with Gasteiger partial charge in [0.2, 0.25) is 0 Å². The van der Waals surface area contributed by atoms with Crippen molar-refractivity contribution in [3.63, 3.8) is 0 Å². The molecule has 3 heteroatoms. The fourth-order valence-electron chi connectivity index (χ4n) is 1.72. The van der Waals surface area contributed by atoms with Crippen LogP contribution in [0, 0.1) is 13.8 Å². The Bertz CT molecular complexity index is 351. The van der Waals surface area contributed by atoms with Crippen molar-refractivity contribution in [3.8, 4) is 0 Å². The average molecular weight is 227 g/mol. The molecule has 2 rings (SSSR count). The Kier molecular flexibility index (Phi) is 3.29. The maximum absolute atomic E-state index is 5.73. The first kappa shape index (κ1) is 10.9. The van der Waals surface area contributed by atoms with E-state index >= 15 is 0 Å². The monoisotopic (exact) mass is 226 g/mol. The minimum Gasteiger partial charge on any atom is -0.346 e. The number of ether oxygens (including phenoxy) is 2. The first-order chi connectivity index (χ1) is 7.22. The molecular weight excluding hydrogens is 212 g/mol. The van der Waals surface area contributed by atoms with E-state index in [9.17, 15) is 0 Å². The molecule has 0 saturated carbocycles. The zero-order valence-electron chi connectivity index (χ0n) is 9.00. The lowest BCUT2D eigenvalue weighted by molar-refractivity contribution is -0.0571. The van der Waals surface area contributed by atoms with Crippen molar-refractivity contribution >= 4 is 11.6 Å². The Morgan fingerprint density at radius 3 is 2.87 bits per heavy atom. The van der Waals surface area contributed by atoms with Crippen LogP contribution < -0.4 is 0 Å². The third kappa shape index (κ3) is 2.17. The summed E-state index contributed by atoms with van der Waals surface area (Å²) in [6.07, 6.45) is -0.217. The molecule has 1 aromatic carbocycles. The molecule has 0 aromatic heterocycles. The van der Waals surface area contributed by atoms with Gasteiger partial charge in [-0.2, -0.15) is 0 Å². The largest absolute Gasteiger partial charge is 0.346 e. The fraction of sp³-hybridized carbons (Fsp3) is 0.500. The summed E-state index contributed by atoms with van der Waals surface area (Å²) in [4.78, 5) is 0. The van der Waals surface area contributed by atoms with Crippen LogP contribution in [0.5, 0.6) is 0 Å². The van der Waals surface area contributed by atoms with Crippen molar-refractivity contribution in [2.45, 2.75) is 26.2 Å². The van der Waals surface area contributed by atoms with Crippen LogP contribution in [-0.4, -0.2) is 18.6 Å². The van der Waals surface area contributed by atoms with E-state index in [4.69, 9.17) is 21.1 Å². The van der Waals surface area contributed by atoms with Crippen LogP contribution in [0.15, 0.2) is 18.2 Å². The van der Waals surface area contributed by atoms with E-state index < -0.39 is 0 Å². The number of aryl methyl sites for hydroxylation is 1. The first-order valence-electron chi connectivity index (χ1n) is 5.11. The van der Waals surface area contributed by atoms with Crippen LogP contribution in [-0.2, 0) is 9.47 Å². The van der Waals surface area contributed by atoms with E-state index in [0.29, 0.717) is 12.5 Å². The lowest BCUT2D eigenvalue weighted by Crippen LogP contribution is -2.11. The van der Waals surface area contributed by atoms with Gasteiger partial charge in [0.15, 0.2) is 6.29 Å². The molecule has 0 radical (unpaired) electrons. The zero-order valence-corrected chi connectivity index (χ0v) is 9.75. The molecule has 0 N–H and O–H groups in total. The van der Waals surface area contributed by atoms with E-state index in [0.717, 1.165) is 5.56 Å². The summed E-state index contributed by atoms with van der Waals surface area (Å²) in [6, 6.07) is 6.16. The summed E-state index contributed by atoms with van der Waals surface area (Å²) in [7, 11) is 0. The SMILES string of the molecule is Cc1cccc(C2OCC(CCl)O2)c1C. The van der Waals surface area contributed by atoms with Gasteiger partial charge in [0.1, 0.15) is 0 Å². The standard InChI is InChI=1S/C12H15ClO2/c1-8-4-3-5-11(9(8)2)12-14-7-10(6-13)15-12/h3-5,10,12H,6-7H2,1-2H3. The van der Waals surface area contributed by atoms with Crippen molar-refractivity contribution in [3.05, 3.63) is 34.9 Å². The number of hydrogen-bond acceptors (Lipinski definition) is 2. The summed E-state index contributed by atoms with van der Waals surface area (Å²) in [5, 5.41) is 0. The topological polar surface area (TPSA) is 18.5 Å². The lowest BCUT2D eigenvalue weighted by Gasteiger charge is -2.14. The second-order valence-electron chi connectivity index (χ2n) is 3.87. The summed E-state index contributed by atoms with van der Waals surface area (Å²) in [5.41, 5.74) is 3.61. The Hall–Kier alpha value is -0.570. The van der Waals surface area contributed by atoms with Gasteiger partial charge < -0.3 is 9.47 Å². The molecule has 0 spiro atoms. The molecule has 1 saturated heterocycles. The predicted octanol–water partition coefficient (Wildman–Crippen LogP) is 2.96. The summed E-state index contributed by atoms with van der Waals surface area (Å²) < 4.78 is 11.2. The summed E-state index contributed by atoms with van der Waals surface area (Å²) in [5.74, 6) is 0.487. The number of benzene rings is 1. The zero-order chi connectivity index (χ0) is 10.8. The first-order valence-corrected chi connectivity index (χ1v) is 5.65. The lowest BCUT2D eigenvalue weighted by atomic mass is 10.0. The van der Waals surface area contributed by atoms with Crippen molar-refractivity contribution in [1.29, 1.82) is 0 Å². The minimum absolute atomic E-state index is 0.0246. The maximum Gasteiger partial charge on any atom is 0.184 e. The fourth-order valence-corrected chi connectivity index (χ4v) is 1.88. The van der Waals surface area contributed by atoms with Gasteiger partial charge in [0, 0.05) is 5.56 Å². The molecule has 0 aliphatic carbocycles. The van der Waals surface area contributed by atoms with Crippen LogP contribution in [0.4, 0.5) is 0 Å². The number of halogens is 1. The third-order valence-corrected chi connectivity index (χ3v) is 3.17. The van der Waals surface area contributed by atoms with Crippen molar-refractivity contribution in [1.82, 2.24) is 0 Å². The van der Waals surface area contributed by atoms with Gasteiger partial charge in [0.05, 0.1) is 18.6 Å². The normalized spacial score (nSPS) is 25.8. The predicted molar refractivity (Wildman–Crippen MR) is 60.2 cm³/mol. The molecule has 82 valence electrons. The van der Waals surface area contributed by atoms with Crippen LogP contribution in [0.25, 0.3) is 0 Å². The van der Waals surface area contributed by atoms with Crippen molar-refractivity contribution in [2.24, 2.45) is 0 Å². The quantitative estimate of drug-likeness (QED) is 0.722. The Labute approximate surface area is 95.1 Å². The number of alkyl halides is 1. The van der Waals surface area contributed by atoms with E-state index in [1.165, 1.54) is 11.1 Å². The van der Waals surface area contributed by atoms with Gasteiger partial charge >= 0.3 is 0 Å². The number of hydrogen-bond donors (Lipinski definition) is 0. The van der Waals surface area contributed by atoms with Gasteiger partial charge in [-0.15, -0.1) is 11.6 Å². The minimum atomic E-state index is -0.242. The third-order valence-electron chi connectivity index (χ3n) is 2.82. The molecular formula is C12H15ClO2. The maximum atomic E-state index is 5.73. The Balaban J connectivity index is 2.20. The van der Waals surface area contributed by atoms with Gasteiger partial charge in [-0.1, -0.05) is 18.2 Å². The van der Waals surface area contributed by atoms with Crippen molar-refractivity contribution < 1.29 is 9.47 Å². The van der Waals surface area contributed by atoms with E-state index in [1.54, 1.807) is 0 Å². The van der Waals surface area contributed by atoms with Crippen molar-refractivity contribution in [2.75, 3.05) is 12.5 Å². The van der Waals surface area contributed by atoms with Gasteiger partial charge in [-0.05, 0) is 25.0 Å². The highest BCUT2D eigenvalue weighted by molar-refractivity contribution is 6.18. The van der Waals surface area contributed by atoms with Crippen LogP contribution >= 0.6 is 11.6 Å².